The van der Waals surface area contributed by atoms with Crippen LogP contribution in [0.15, 0.2) is 0 Å². The van der Waals surface area contributed by atoms with Crippen molar-refractivity contribution in [2.45, 2.75) is 26.7 Å². The van der Waals surface area contributed by atoms with Crippen LogP contribution in [-0.2, 0) is 18.3 Å². The molecule has 7 nitrogen and oxygen atoms in total. The number of nitrogens with zero attached hydrogens (tertiary/aromatic N) is 3. The van der Waals surface area contributed by atoms with E-state index in [0.717, 1.165) is 27.9 Å². The number of aromatic nitrogens is 3. The van der Waals surface area contributed by atoms with Gasteiger partial charge in [-0.15, -0.1) is 29.9 Å². The highest BCUT2D eigenvalue weighted by Crippen LogP contribution is 2.30. The topological polar surface area (TPSA) is 95.1 Å². The first-order valence-electron chi connectivity index (χ1n) is 7.33. The minimum absolute atomic E-state index is 0. The van der Waals surface area contributed by atoms with Gasteiger partial charge in [0.2, 0.25) is 11.8 Å². The molecule has 0 aliphatic heterocycles. The Morgan fingerprint density at radius 2 is 2.00 bits per heavy atom. The van der Waals surface area contributed by atoms with Crippen LogP contribution >= 0.6 is 24.8 Å². The van der Waals surface area contributed by atoms with Crippen LogP contribution < -0.4 is 15.8 Å². The zero-order valence-corrected chi connectivity index (χ0v) is 16.0. The van der Waals surface area contributed by atoms with Crippen molar-refractivity contribution in [3.05, 3.63) is 16.8 Å². The van der Waals surface area contributed by atoms with Gasteiger partial charge in [-0.05, 0) is 31.4 Å². The van der Waals surface area contributed by atoms with Crippen LogP contribution in [0, 0.1) is 13.8 Å². The Morgan fingerprint density at radius 1 is 1.33 bits per heavy atom. The smallest absolute Gasteiger partial charge is 0.242 e. The maximum absolute atomic E-state index is 11.8. The molecule has 0 aliphatic rings. The molecule has 3 N–H and O–H groups in total. The summed E-state index contributed by atoms with van der Waals surface area (Å²) in [7, 11) is 3.44. The van der Waals surface area contributed by atoms with Gasteiger partial charge in [0, 0.05) is 32.3 Å². The van der Waals surface area contributed by atoms with Gasteiger partial charge in [0.15, 0.2) is 5.65 Å². The molecule has 0 atom stereocenters. The Hall–Kier alpha value is -1.57. The second kappa shape index (κ2) is 9.66. The fraction of sp³-hybridized carbons (Fsp3) is 0.533. The van der Waals surface area contributed by atoms with E-state index in [0.29, 0.717) is 31.8 Å². The minimum atomic E-state index is 0. The molecule has 0 saturated carbocycles. The fourth-order valence-corrected chi connectivity index (χ4v) is 2.65. The van der Waals surface area contributed by atoms with Gasteiger partial charge < -0.3 is 15.8 Å². The predicted molar refractivity (Wildman–Crippen MR) is 99.4 cm³/mol. The van der Waals surface area contributed by atoms with Crippen LogP contribution in [-0.4, -0.2) is 40.9 Å². The van der Waals surface area contributed by atoms with Gasteiger partial charge in [-0.1, -0.05) is 0 Å². The number of nitrogens with two attached hydrogens (primary N) is 1. The fourth-order valence-electron chi connectivity index (χ4n) is 2.65. The zero-order valence-electron chi connectivity index (χ0n) is 14.4. The predicted octanol–water partition coefficient (Wildman–Crippen LogP) is 1.44. The lowest BCUT2D eigenvalue weighted by molar-refractivity contribution is -0.120. The van der Waals surface area contributed by atoms with Crippen molar-refractivity contribution in [2.24, 2.45) is 12.8 Å². The third-order valence-corrected chi connectivity index (χ3v) is 3.78. The van der Waals surface area contributed by atoms with Crippen molar-refractivity contribution in [1.82, 2.24) is 20.1 Å². The molecule has 2 aromatic rings. The first-order valence-corrected chi connectivity index (χ1v) is 7.33. The Morgan fingerprint density at radius 3 is 2.58 bits per heavy atom. The number of rotatable bonds is 6. The Kier molecular flexibility index (Phi) is 9.03. The maximum Gasteiger partial charge on any atom is 0.242 e. The van der Waals surface area contributed by atoms with E-state index in [1.165, 1.54) is 0 Å². The average Bonchev–Trinajstić information content (AvgIpc) is 2.81. The quantitative estimate of drug-likeness (QED) is 0.793. The van der Waals surface area contributed by atoms with Crippen LogP contribution in [0.3, 0.4) is 0 Å². The number of hydrogen-bond acceptors (Lipinski definition) is 5. The SMILES string of the molecule is COc1nn(C)c2nc(C)c(CCC(=O)NCCN)c(C)c12.Cl.Cl. The average molecular weight is 378 g/mol. The van der Waals surface area contributed by atoms with Crippen LogP contribution in [0.2, 0.25) is 0 Å². The number of nitrogens with one attached hydrogen (secondary N) is 1. The molecule has 0 bridgehead atoms. The summed E-state index contributed by atoms with van der Waals surface area (Å²) in [5.41, 5.74) is 9.23. The van der Waals surface area contributed by atoms with Crippen molar-refractivity contribution in [1.29, 1.82) is 0 Å². The number of ether oxygens (including phenoxy) is 1. The highest BCUT2D eigenvalue weighted by Gasteiger charge is 2.18. The number of pyridine rings is 1. The van der Waals surface area contributed by atoms with Gasteiger partial charge in [0.05, 0.1) is 12.5 Å². The molecule has 2 heterocycles. The highest BCUT2D eigenvalue weighted by atomic mass is 35.5. The molecule has 0 spiro atoms. The first kappa shape index (κ1) is 22.4. The maximum atomic E-state index is 11.8. The van der Waals surface area contributed by atoms with E-state index in [4.69, 9.17) is 10.5 Å². The number of aryl methyl sites for hydroxylation is 3. The third kappa shape index (κ3) is 4.49. The summed E-state index contributed by atoms with van der Waals surface area (Å²) in [5.74, 6) is 0.568. The number of methoxy groups -OCH3 is 1. The molecule has 136 valence electrons. The number of carbonyl (C=O) groups excluding carboxylic acids is 1. The number of amides is 1. The van der Waals surface area contributed by atoms with Gasteiger partial charge in [0.25, 0.3) is 0 Å². The summed E-state index contributed by atoms with van der Waals surface area (Å²) >= 11 is 0. The molecule has 0 fully saturated rings. The summed E-state index contributed by atoms with van der Waals surface area (Å²) in [4.78, 5) is 16.4. The van der Waals surface area contributed by atoms with Crippen LogP contribution in [0.1, 0.15) is 23.2 Å². The Labute approximate surface area is 154 Å². The molecule has 24 heavy (non-hydrogen) atoms. The molecule has 2 aromatic heterocycles. The molecule has 1 amide bonds. The van der Waals surface area contributed by atoms with Crippen LogP contribution in [0.25, 0.3) is 11.0 Å². The van der Waals surface area contributed by atoms with Crippen molar-refractivity contribution < 1.29 is 9.53 Å². The van der Waals surface area contributed by atoms with Gasteiger partial charge in [-0.2, -0.15) is 0 Å². The molecule has 9 heteroatoms. The lowest BCUT2D eigenvalue weighted by atomic mass is 10.00. The largest absolute Gasteiger partial charge is 0.479 e. The van der Waals surface area contributed by atoms with Crippen molar-refractivity contribution in [3.63, 3.8) is 0 Å². The highest BCUT2D eigenvalue weighted by molar-refractivity contribution is 5.86. The van der Waals surface area contributed by atoms with Crippen molar-refractivity contribution >= 4 is 41.8 Å². The van der Waals surface area contributed by atoms with Gasteiger partial charge in [-0.3, -0.25) is 4.79 Å². The Balaban J connectivity index is 0.00000264. The van der Waals surface area contributed by atoms with E-state index in [1.807, 2.05) is 20.9 Å². The lowest BCUT2D eigenvalue weighted by Crippen LogP contribution is -2.29. The van der Waals surface area contributed by atoms with Crippen LogP contribution in [0.4, 0.5) is 0 Å². The standard InChI is InChI=1S/C15H23N5O2.2ClH/c1-9-11(5-6-12(21)17-8-7-16)10(2)18-14-13(9)15(22-4)19-20(14)3;;/h5-8,16H2,1-4H3,(H,17,21);2*1H. The van der Waals surface area contributed by atoms with E-state index < -0.39 is 0 Å². The molecule has 2 rings (SSSR count). The first-order chi connectivity index (χ1) is 10.5. The van der Waals surface area contributed by atoms with Gasteiger partial charge in [-0.25, -0.2) is 9.67 Å². The molecule has 0 saturated heterocycles. The summed E-state index contributed by atoms with van der Waals surface area (Å²) in [5, 5.41) is 8.02. The molecule has 0 radical (unpaired) electrons. The molecule has 0 aliphatic carbocycles. The lowest BCUT2D eigenvalue weighted by Gasteiger charge is -2.11. The van der Waals surface area contributed by atoms with Crippen LogP contribution in [0.5, 0.6) is 5.88 Å². The summed E-state index contributed by atoms with van der Waals surface area (Å²) in [6.07, 6.45) is 1.05. The summed E-state index contributed by atoms with van der Waals surface area (Å²) < 4.78 is 7.05. The number of carbonyl (C=O) groups is 1. The Bertz CT molecular complexity index is 703. The number of fused-ring (bicyclic) bond motifs is 1. The normalized spacial score (nSPS) is 10.0. The van der Waals surface area contributed by atoms with E-state index in [1.54, 1.807) is 11.8 Å². The van der Waals surface area contributed by atoms with Crippen molar-refractivity contribution in [3.8, 4) is 5.88 Å². The van der Waals surface area contributed by atoms with Gasteiger partial charge in [0.1, 0.15) is 0 Å². The van der Waals surface area contributed by atoms with E-state index >= 15 is 0 Å². The minimum Gasteiger partial charge on any atom is -0.479 e. The zero-order chi connectivity index (χ0) is 16.3. The summed E-state index contributed by atoms with van der Waals surface area (Å²) in [6, 6.07) is 0. The monoisotopic (exact) mass is 377 g/mol. The second-order valence-electron chi connectivity index (χ2n) is 5.27. The molecule has 0 unspecified atom stereocenters. The van der Waals surface area contributed by atoms with Gasteiger partial charge >= 0.3 is 0 Å². The summed E-state index contributed by atoms with van der Waals surface area (Å²) in [6.45, 7) is 4.93. The molecule has 0 aromatic carbocycles. The van der Waals surface area contributed by atoms with Crippen molar-refractivity contribution in [2.75, 3.05) is 20.2 Å². The van der Waals surface area contributed by atoms with E-state index in [-0.39, 0.29) is 30.7 Å². The molecular formula is C15H25Cl2N5O2. The number of hydrogen-bond donors (Lipinski definition) is 2. The molecular weight excluding hydrogens is 353 g/mol. The third-order valence-electron chi connectivity index (χ3n) is 3.78. The van der Waals surface area contributed by atoms with E-state index in [2.05, 4.69) is 15.4 Å². The van der Waals surface area contributed by atoms with E-state index in [9.17, 15) is 4.79 Å². The number of halogens is 2. The second-order valence-corrected chi connectivity index (χ2v) is 5.27.